The Morgan fingerprint density at radius 3 is 1.97 bits per heavy atom. The zero-order valence-corrected chi connectivity index (χ0v) is 19.1. The average molecular weight is 443 g/mol. The maximum Gasteiger partial charge on any atom is 0.329 e. The molecule has 5 nitrogen and oxygen atoms in total. The van der Waals surface area contributed by atoms with Crippen molar-refractivity contribution >= 4 is 11.9 Å². The van der Waals surface area contributed by atoms with Crippen LogP contribution in [0.2, 0.25) is 0 Å². The third-order valence-corrected chi connectivity index (χ3v) is 5.98. The molecule has 0 aromatic heterocycles. The van der Waals surface area contributed by atoms with Crippen LogP contribution in [0.5, 0.6) is 0 Å². The van der Waals surface area contributed by atoms with E-state index in [-0.39, 0.29) is 30.5 Å². The molecule has 1 heterocycles. The zero-order chi connectivity index (χ0) is 23.2. The van der Waals surface area contributed by atoms with Crippen LogP contribution in [0.25, 0.3) is 0 Å². The van der Waals surface area contributed by atoms with Crippen molar-refractivity contribution in [3.05, 3.63) is 108 Å². The third-order valence-electron chi connectivity index (χ3n) is 5.98. The van der Waals surface area contributed by atoms with Crippen molar-refractivity contribution in [1.29, 1.82) is 0 Å². The first kappa shape index (κ1) is 22.7. The molecule has 0 spiro atoms. The van der Waals surface area contributed by atoms with E-state index in [0.29, 0.717) is 6.54 Å². The average Bonchev–Trinajstić information content (AvgIpc) is 3.56. The number of nitrogens with one attached hydrogen (secondary N) is 1. The molecule has 0 saturated carbocycles. The molecule has 1 aliphatic heterocycles. The Balaban J connectivity index is 1.44. The van der Waals surface area contributed by atoms with Crippen LogP contribution in [0, 0.1) is 5.92 Å². The van der Waals surface area contributed by atoms with Gasteiger partial charge in [0.1, 0.15) is 18.7 Å². The predicted octanol–water partition coefficient (Wildman–Crippen LogP) is 4.50. The third kappa shape index (κ3) is 5.68. The molecule has 1 fully saturated rings. The van der Waals surface area contributed by atoms with E-state index in [1.54, 1.807) is 0 Å². The number of amides is 1. The number of carbonyl (C=O) groups excluding carboxylic acids is 2. The molecule has 1 saturated heterocycles. The molecule has 0 radical (unpaired) electrons. The number of carbonyl (C=O) groups is 2. The second kappa shape index (κ2) is 10.5. The number of esters is 1. The minimum atomic E-state index is -0.697. The minimum absolute atomic E-state index is 0.0143. The van der Waals surface area contributed by atoms with Gasteiger partial charge in [-0.25, -0.2) is 4.79 Å². The molecule has 4 rings (SSSR count). The van der Waals surface area contributed by atoms with Gasteiger partial charge in [0.25, 0.3) is 0 Å². The van der Waals surface area contributed by atoms with E-state index in [4.69, 9.17) is 4.74 Å². The number of ether oxygens (including phenoxy) is 1. The van der Waals surface area contributed by atoms with Gasteiger partial charge in [-0.15, -0.1) is 0 Å². The summed E-state index contributed by atoms with van der Waals surface area (Å²) in [5.74, 6) is -0.641. The summed E-state index contributed by atoms with van der Waals surface area (Å²) in [5.41, 5.74) is 3.16. The Morgan fingerprint density at radius 2 is 1.39 bits per heavy atom. The molecule has 1 amide bonds. The van der Waals surface area contributed by atoms with Gasteiger partial charge in [-0.05, 0) is 22.6 Å². The second-order valence-electron chi connectivity index (χ2n) is 8.78. The molecule has 0 aliphatic carbocycles. The van der Waals surface area contributed by atoms with Gasteiger partial charge in [0.15, 0.2) is 0 Å². The number of hydrogen-bond donors (Lipinski definition) is 1. The summed E-state index contributed by atoms with van der Waals surface area (Å²) in [5, 5.41) is 2.97. The Morgan fingerprint density at radius 1 is 0.848 bits per heavy atom. The summed E-state index contributed by atoms with van der Waals surface area (Å²) in [6, 6.07) is 28.7. The quantitative estimate of drug-likeness (QED) is 0.392. The van der Waals surface area contributed by atoms with Crippen molar-refractivity contribution in [2.45, 2.75) is 45.1 Å². The minimum Gasteiger partial charge on any atom is -0.459 e. The topological polar surface area (TPSA) is 58.4 Å². The van der Waals surface area contributed by atoms with Gasteiger partial charge < -0.3 is 10.1 Å². The lowest BCUT2D eigenvalue weighted by Gasteiger charge is -2.21. The molecular formula is C28H30N2O3. The molecule has 3 aromatic carbocycles. The zero-order valence-electron chi connectivity index (χ0n) is 19.1. The highest BCUT2D eigenvalue weighted by Gasteiger charge is 2.53. The van der Waals surface area contributed by atoms with Gasteiger partial charge in [0.2, 0.25) is 5.91 Å². The summed E-state index contributed by atoms with van der Waals surface area (Å²) in [4.78, 5) is 28.3. The van der Waals surface area contributed by atoms with E-state index in [1.807, 2.05) is 92.7 Å². The fourth-order valence-corrected chi connectivity index (χ4v) is 4.14. The predicted molar refractivity (Wildman–Crippen MR) is 128 cm³/mol. The van der Waals surface area contributed by atoms with Gasteiger partial charge >= 0.3 is 5.97 Å². The normalized spacial score (nSPS) is 20.2. The van der Waals surface area contributed by atoms with Crippen molar-refractivity contribution in [1.82, 2.24) is 10.2 Å². The SMILES string of the molecule is CC(C)[C@@H](NC(=O)[C@@H]1[C@H](c2ccccc2)N1Cc1ccccc1)C(=O)OCc1ccccc1. The standard InChI is InChI=1S/C28H30N2O3/c1-20(2)24(28(32)33-19-22-14-8-4-9-15-22)29-27(31)26-25(23-16-10-5-11-17-23)30(26)18-21-12-6-3-7-13-21/h3-17,20,24-26H,18-19H2,1-2H3,(H,29,31)/t24-,25+,26+,30?/m1/s1. The first-order valence-corrected chi connectivity index (χ1v) is 11.4. The number of hydrogen-bond acceptors (Lipinski definition) is 4. The van der Waals surface area contributed by atoms with Crippen molar-refractivity contribution in [3.8, 4) is 0 Å². The molecule has 1 unspecified atom stereocenters. The van der Waals surface area contributed by atoms with Crippen LogP contribution in [0.4, 0.5) is 0 Å². The maximum atomic E-state index is 13.3. The molecule has 170 valence electrons. The van der Waals surface area contributed by atoms with Gasteiger partial charge in [-0.1, -0.05) is 105 Å². The Kier molecular flexibility index (Phi) is 7.20. The highest BCUT2D eigenvalue weighted by molar-refractivity contribution is 5.90. The highest BCUT2D eigenvalue weighted by atomic mass is 16.5. The van der Waals surface area contributed by atoms with Gasteiger partial charge in [-0.3, -0.25) is 9.69 Å². The highest BCUT2D eigenvalue weighted by Crippen LogP contribution is 2.44. The first-order valence-electron chi connectivity index (χ1n) is 11.4. The van der Waals surface area contributed by atoms with E-state index in [2.05, 4.69) is 22.3 Å². The summed E-state index contributed by atoms with van der Waals surface area (Å²) in [7, 11) is 0. The molecule has 33 heavy (non-hydrogen) atoms. The van der Waals surface area contributed by atoms with Crippen molar-refractivity contribution in [2.24, 2.45) is 5.92 Å². The number of rotatable bonds is 9. The number of benzene rings is 3. The van der Waals surface area contributed by atoms with Crippen LogP contribution in [0.1, 0.15) is 36.6 Å². The van der Waals surface area contributed by atoms with Gasteiger partial charge in [-0.2, -0.15) is 0 Å². The molecule has 3 aromatic rings. The second-order valence-corrected chi connectivity index (χ2v) is 8.78. The Bertz CT molecular complexity index is 1050. The van der Waals surface area contributed by atoms with Crippen LogP contribution >= 0.6 is 0 Å². The smallest absolute Gasteiger partial charge is 0.329 e. The fraction of sp³-hybridized carbons (Fsp3) is 0.286. The monoisotopic (exact) mass is 442 g/mol. The van der Waals surface area contributed by atoms with Crippen molar-refractivity contribution < 1.29 is 14.3 Å². The Labute approximate surface area is 195 Å². The summed E-state index contributed by atoms with van der Waals surface area (Å²) >= 11 is 0. The van der Waals surface area contributed by atoms with Gasteiger partial charge in [0.05, 0.1) is 6.04 Å². The van der Waals surface area contributed by atoms with Crippen LogP contribution in [-0.4, -0.2) is 28.9 Å². The molecule has 5 heteroatoms. The molecule has 1 aliphatic rings. The molecule has 0 bridgehead atoms. The number of nitrogens with zero attached hydrogens (tertiary/aromatic N) is 1. The lowest BCUT2D eigenvalue weighted by molar-refractivity contribution is -0.150. The maximum absolute atomic E-state index is 13.3. The first-order chi connectivity index (χ1) is 16.0. The van der Waals surface area contributed by atoms with Crippen molar-refractivity contribution in [2.75, 3.05) is 0 Å². The van der Waals surface area contributed by atoms with E-state index >= 15 is 0 Å². The lowest BCUT2D eigenvalue weighted by atomic mass is 10.0. The van der Waals surface area contributed by atoms with Crippen molar-refractivity contribution in [3.63, 3.8) is 0 Å². The summed E-state index contributed by atoms with van der Waals surface area (Å²) < 4.78 is 5.52. The fourth-order valence-electron chi connectivity index (χ4n) is 4.14. The van der Waals surface area contributed by atoms with E-state index in [9.17, 15) is 9.59 Å². The summed E-state index contributed by atoms with van der Waals surface area (Å²) in [6.45, 7) is 4.69. The van der Waals surface area contributed by atoms with E-state index in [1.165, 1.54) is 0 Å². The van der Waals surface area contributed by atoms with Crippen LogP contribution in [0.3, 0.4) is 0 Å². The van der Waals surface area contributed by atoms with E-state index in [0.717, 1.165) is 16.7 Å². The van der Waals surface area contributed by atoms with Crippen LogP contribution in [-0.2, 0) is 27.5 Å². The lowest BCUT2D eigenvalue weighted by Crippen LogP contribution is -2.47. The largest absolute Gasteiger partial charge is 0.459 e. The molecule has 4 atom stereocenters. The van der Waals surface area contributed by atoms with Crippen LogP contribution < -0.4 is 5.32 Å². The summed E-state index contributed by atoms with van der Waals surface area (Å²) in [6.07, 6.45) is 0. The van der Waals surface area contributed by atoms with E-state index < -0.39 is 12.0 Å². The van der Waals surface area contributed by atoms with Gasteiger partial charge in [0, 0.05) is 6.54 Å². The molecular weight excluding hydrogens is 412 g/mol. The Hall–Kier alpha value is -3.44. The van der Waals surface area contributed by atoms with Crippen LogP contribution in [0.15, 0.2) is 91.0 Å². The molecule has 1 N–H and O–H groups in total.